The minimum atomic E-state index is -3.72. The zero-order valence-electron chi connectivity index (χ0n) is 10.4. The largest absolute Gasteiger partial charge is 0.391 e. The second kappa shape index (κ2) is 6.15. The van der Waals surface area contributed by atoms with Crippen LogP contribution in [0.5, 0.6) is 0 Å². The van der Waals surface area contributed by atoms with Crippen molar-refractivity contribution in [2.24, 2.45) is 0 Å². The van der Waals surface area contributed by atoms with E-state index in [2.05, 4.69) is 36.6 Å². The van der Waals surface area contributed by atoms with Crippen molar-refractivity contribution in [3.05, 3.63) is 43.0 Å². The van der Waals surface area contributed by atoms with Crippen molar-refractivity contribution in [2.45, 2.75) is 18.4 Å². The highest BCUT2D eigenvalue weighted by Gasteiger charge is 2.23. The summed E-state index contributed by atoms with van der Waals surface area (Å²) in [5.41, 5.74) is 1.07. The van der Waals surface area contributed by atoms with Gasteiger partial charge in [0, 0.05) is 8.95 Å². The number of benzene rings is 1. The standard InChI is InChI=1S/C12H11Br2NO3S2/c1-7-6-19-11(5-16)12(7)20(17,18)15-10-3-2-8(13)4-9(10)14/h2-4,6,15-16H,5H2,1H3. The Bertz CT molecular complexity index is 741. The third-order valence-corrected chi connectivity index (χ3v) is 6.54. The number of hydrogen-bond acceptors (Lipinski definition) is 4. The first-order valence-electron chi connectivity index (χ1n) is 5.51. The Hall–Kier alpha value is -0.410. The molecular weight excluding hydrogens is 430 g/mol. The van der Waals surface area contributed by atoms with E-state index >= 15 is 0 Å². The van der Waals surface area contributed by atoms with Crippen LogP contribution in [0.25, 0.3) is 0 Å². The van der Waals surface area contributed by atoms with E-state index in [-0.39, 0.29) is 11.5 Å². The van der Waals surface area contributed by atoms with Crippen LogP contribution in [-0.4, -0.2) is 13.5 Å². The van der Waals surface area contributed by atoms with Gasteiger partial charge in [0.15, 0.2) is 0 Å². The average molecular weight is 441 g/mol. The van der Waals surface area contributed by atoms with E-state index in [0.29, 0.717) is 20.6 Å². The van der Waals surface area contributed by atoms with Crippen molar-refractivity contribution in [3.8, 4) is 0 Å². The molecule has 0 spiro atoms. The van der Waals surface area contributed by atoms with Crippen LogP contribution in [0.3, 0.4) is 0 Å². The maximum absolute atomic E-state index is 12.5. The lowest BCUT2D eigenvalue weighted by Gasteiger charge is -2.11. The summed E-state index contributed by atoms with van der Waals surface area (Å²) >= 11 is 7.86. The molecule has 1 aromatic carbocycles. The summed E-state index contributed by atoms with van der Waals surface area (Å²) in [6, 6.07) is 5.16. The monoisotopic (exact) mass is 439 g/mol. The van der Waals surface area contributed by atoms with Crippen LogP contribution in [0.15, 0.2) is 37.4 Å². The molecule has 0 aliphatic heterocycles. The fourth-order valence-corrected chi connectivity index (χ4v) is 5.75. The SMILES string of the molecule is Cc1csc(CO)c1S(=O)(=O)Nc1ccc(Br)cc1Br. The molecule has 0 amide bonds. The van der Waals surface area contributed by atoms with E-state index < -0.39 is 10.0 Å². The van der Waals surface area contributed by atoms with Crippen LogP contribution in [0.1, 0.15) is 10.4 Å². The predicted octanol–water partition coefficient (Wildman–Crippen LogP) is 3.87. The summed E-state index contributed by atoms with van der Waals surface area (Å²) in [6.45, 7) is 1.41. The molecule has 0 unspecified atom stereocenters. The second-order valence-electron chi connectivity index (χ2n) is 4.06. The molecule has 0 fully saturated rings. The van der Waals surface area contributed by atoms with E-state index in [0.717, 1.165) is 4.47 Å². The van der Waals surface area contributed by atoms with Crippen molar-refractivity contribution in [1.82, 2.24) is 0 Å². The molecule has 0 aliphatic carbocycles. The number of hydrogen-bond donors (Lipinski definition) is 2. The first kappa shape index (κ1) is 16.0. The lowest BCUT2D eigenvalue weighted by atomic mass is 10.3. The molecule has 0 radical (unpaired) electrons. The molecule has 108 valence electrons. The molecule has 1 heterocycles. The van der Waals surface area contributed by atoms with Crippen LogP contribution in [0.4, 0.5) is 5.69 Å². The van der Waals surface area contributed by atoms with E-state index in [1.165, 1.54) is 11.3 Å². The highest BCUT2D eigenvalue weighted by molar-refractivity contribution is 9.11. The highest BCUT2D eigenvalue weighted by atomic mass is 79.9. The van der Waals surface area contributed by atoms with Crippen molar-refractivity contribution in [1.29, 1.82) is 0 Å². The molecule has 20 heavy (non-hydrogen) atoms. The van der Waals surface area contributed by atoms with Crippen molar-refractivity contribution in [3.63, 3.8) is 0 Å². The van der Waals surface area contributed by atoms with Gasteiger partial charge in [-0.2, -0.15) is 0 Å². The maximum atomic E-state index is 12.5. The smallest absolute Gasteiger partial charge is 0.263 e. The summed E-state index contributed by atoms with van der Waals surface area (Å²) < 4.78 is 28.9. The van der Waals surface area contributed by atoms with Crippen molar-refractivity contribution in [2.75, 3.05) is 4.72 Å². The fraction of sp³-hybridized carbons (Fsp3) is 0.167. The number of sulfonamides is 1. The predicted molar refractivity (Wildman–Crippen MR) is 87.6 cm³/mol. The Morgan fingerprint density at radius 2 is 2.05 bits per heavy atom. The van der Waals surface area contributed by atoms with Gasteiger partial charge in [0.25, 0.3) is 10.0 Å². The molecule has 0 saturated carbocycles. The zero-order valence-corrected chi connectivity index (χ0v) is 15.2. The molecule has 2 aromatic rings. The van der Waals surface area contributed by atoms with Crippen LogP contribution in [0, 0.1) is 6.92 Å². The summed E-state index contributed by atoms with van der Waals surface area (Å²) in [5, 5.41) is 11.0. The number of anilines is 1. The fourth-order valence-electron chi connectivity index (χ4n) is 1.73. The van der Waals surface area contributed by atoms with Crippen molar-refractivity contribution >= 4 is 58.9 Å². The van der Waals surface area contributed by atoms with Gasteiger partial charge in [-0.1, -0.05) is 15.9 Å². The average Bonchev–Trinajstić information content (AvgIpc) is 2.75. The quantitative estimate of drug-likeness (QED) is 0.758. The van der Waals surface area contributed by atoms with E-state index in [1.54, 1.807) is 30.5 Å². The van der Waals surface area contributed by atoms with Crippen LogP contribution in [-0.2, 0) is 16.6 Å². The molecule has 0 bridgehead atoms. The highest BCUT2D eigenvalue weighted by Crippen LogP contribution is 2.32. The second-order valence-corrected chi connectivity index (χ2v) is 8.41. The number of nitrogens with one attached hydrogen (secondary N) is 1. The topological polar surface area (TPSA) is 66.4 Å². The van der Waals surface area contributed by atoms with Crippen LogP contribution in [0.2, 0.25) is 0 Å². The first-order chi connectivity index (χ1) is 9.35. The summed E-state index contributed by atoms with van der Waals surface area (Å²) in [4.78, 5) is 0.586. The van der Waals surface area contributed by atoms with Gasteiger partial charge in [0.2, 0.25) is 0 Å². The normalized spacial score (nSPS) is 11.6. The van der Waals surface area contributed by atoms with Gasteiger partial charge in [-0.05, 0) is 52.0 Å². The van der Waals surface area contributed by atoms with Gasteiger partial charge in [-0.25, -0.2) is 8.42 Å². The minimum Gasteiger partial charge on any atom is -0.391 e. The lowest BCUT2D eigenvalue weighted by molar-refractivity contribution is 0.282. The number of halogens is 2. The lowest BCUT2D eigenvalue weighted by Crippen LogP contribution is -2.15. The van der Waals surface area contributed by atoms with Gasteiger partial charge >= 0.3 is 0 Å². The van der Waals surface area contributed by atoms with Gasteiger partial charge in [0.05, 0.1) is 17.2 Å². The summed E-state index contributed by atoms with van der Waals surface area (Å²) in [5.74, 6) is 0. The number of aryl methyl sites for hydroxylation is 1. The molecule has 0 aliphatic rings. The molecular formula is C12H11Br2NO3S2. The third kappa shape index (κ3) is 3.25. The molecule has 0 atom stereocenters. The molecule has 2 N–H and O–H groups in total. The van der Waals surface area contributed by atoms with E-state index in [4.69, 9.17) is 0 Å². The van der Waals surface area contributed by atoms with Gasteiger partial charge in [-0.15, -0.1) is 11.3 Å². The molecule has 1 aromatic heterocycles. The van der Waals surface area contributed by atoms with Crippen molar-refractivity contribution < 1.29 is 13.5 Å². The number of aliphatic hydroxyl groups is 1. The Labute approximate surface area is 138 Å². The number of aliphatic hydroxyl groups excluding tert-OH is 1. The Kier molecular flexibility index (Phi) is 4.91. The summed E-state index contributed by atoms with van der Waals surface area (Å²) in [6.07, 6.45) is 0. The van der Waals surface area contributed by atoms with E-state index in [1.807, 2.05) is 0 Å². The zero-order chi connectivity index (χ0) is 14.9. The Morgan fingerprint density at radius 1 is 1.35 bits per heavy atom. The van der Waals surface area contributed by atoms with Crippen LogP contribution < -0.4 is 4.72 Å². The summed E-state index contributed by atoms with van der Waals surface area (Å²) in [7, 11) is -3.72. The first-order valence-corrected chi connectivity index (χ1v) is 9.45. The number of rotatable bonds is 4. The van der Waals surface area contributed by atoms with Gasteiger partial charge in [0.1, 0.15) is 4.90 Å². The van der Waals surface area contributed by atoms with E-state index in [9.17, 15) is 13.5 Å². The van der Waals surface area contributed by atoms with Gasteiger partial charge < -0.3 is 5.11 Å². The molecule has 2 rings (SSSR count). The van der Waals surface area contributed by atoms with Gasteiger partial charge in [-0.3, -0.25) is 4.72 Å². The Balaban J connectivity index is 2.43. The maximum Gasteiger partial charge on any atom is 0.263 e. The molecule has 8 heteroatoms. The third-order valence-electron chi connectivity index (χ3n) is 2.58. The Morgan fingerprint density at radius 3 is 2.65 bits per heavy atom. The van der Waals surface area contributed by atoms with Crippen LogP contribution >= 0.6 is 43.2 Å². The molecule has 4 nitrogen and oxygen atoms in total. The molecule has 0 saturated heterocycles. The number of thiophene rings is 1. The minimum absolute atomic E-state index is 0.153.